The Kier molecular flexibility index (Phi) is 5.62. The molecule has 1 unspecified atom stereocenters. The van der Waals surface area contributed by atoms with Gasteiger partial charge in [0, 0.05) is 32.9 Å². The first-order valence-electron chi connectivity index (χ1n) is 9.81. The lowest BCUT2D eigenvalue weighted by molar-refractivity contribution is -0.116. The fraction of sp³-hybridized carbons (Fsp3) is 0.227. The Morgan fingerprint density at radius 1 is 1.23 bits per heavy atom. The molecule has 0 saturated carbocycles. The van der Waals surface area contributed by atoms with Crippen molar-refractivity contribution < 1.29 is 9.18 Å². The van der Waals surface area contributed by atoms with Crippen molar-refractivity contribution in [1.82, 2.24) is 14.8 Å². The molecule has 1 atom stereocenters. The fourth-order valence-electron chi connectivity index (χ4n) is 3.93. The minimum atomic E-state index is -0.364. The standard InChI is InChI=1S/C22H17BrClFN4OS/c23-14-7-4-12(5-8-14)20-19-17(2-1-3-18(19)30)26-21-27-22(28-29(20)21)31-11-13-6-9-15(25)10-16(13)24/h4-10,20H,1-3,11H2,(H,26,27,28). The average molecular weight is 520 g/mol. The van der Waals surface area contributed by atoms with E-state index < -0.39 is 0 Å². The van der Waals surface area contributed by atoms with Crippen molar-refractivity contribution in [1.29, 1.82) is 0 Å². The number of carbonyl (C=O) groups is 1. The molecule has 0 amide bonds. The second-order valence-electron chi connectivity index (χ2n) is 7.44. The van der Waals surface area contributed by atoms with Crippen LogP contribution in [-0.4, -0.2) is 20.5 Å². The molecule has 1 aliphatic heterocycles. The predicted molar refractivity (Wildman–Crippen MR) is 123 cm³/mol. The number of carbonyl (C=O) groups excluding carboxylic acids is 1. The van der Waals surface area contributed by atoms with E-state index >= 15 is 0 Å². The first-order chi connectivity index (χ1) is 15.0. The summed E-state index contributed by atoms with van der Waals surface area (Å²) < 4.78 is 16.1. The summed E-state index contributed by atoms with van der Waals surface area (Å²) in [4.78, 5) is 17.5. The van der Waals surface area contributed by atoms with Crippen LogP contribution in [0.3, 0.4) is 0 Å². The van der Waals surface area contributed by atoms with Gasteiger partial charge in [0.25, 0.3) is 0 Å². The summed E-state index contributed by atoms with van der Waals surface area (Å²) in [6, 6.07) is 12.0. The van der Waals surface area contributed by atoms with Gasteiger partial charge in [0.1, 0.15) is 11.9 Å². The third-order valence-corrected chi connectivity index (χ3v) is 7.17. The zero-order chi connectivity index (χ0) is 21.5. The molecule has 0 bridgehead atoms. The van der Waals surface area contributed by atoms with Crippen molar-refractivity contribution >= 4 is 51.0 Å². The van der Waals surface area contributed by atoms with E-state index in [0.717, 1.165) is 39.7 Å². The second kappa shape index (κ2) is 8.41. The molecule has 5 nitrogen and oxygen atoms in total. The van der Waals surface area contributed by atoms with Gasteiger partial charge in [-0.1, -0.05) is 57.5 Å². The predicted octanol–water partition coefficient (Wildman–Crippen LogP) is 6.15. The number of halogens is 3. The minimum absolute atomic E-state index is 0.148. The van der Waals surface area contributed by atoms with Gasteiger partial charge in [0.2, 0.25) is 11.1 Å². The largest absolute Gasteiger partial charge is 0.328 e. The molecular weight excluding hydrogens is 503 g/mol. The van der Waals surface area contributed by atoms with Gasteiger partial charge in [0.05, 0.1) is 0 Å². The molecule has 2 aliphatic rings. The topological polar surface area (TPSA) is 59.8 Å². The van der Waals surface area contributed by atoms with Crippen LogP contribution in [-0.2, 0) is 10.5 Å². The molecule has 31 heavy (non-hydrogen) atoms. The highest BCUT2D eigenvalue weighted by Crippen LogP contribution is 2.41. The van der Waals surface area contributed by atoms with Crippen molar-refractivity contribution in [2.75, 3.05) is 5.32 Å². The maximum atomic E-state index is 13.3. The van der Waals surface area contributed by atoms with Crippen molar-refractivity contribution in [2.45, 2.75) is 36.2 Å². The Hall–Kier alpha value is -2.16. The Balaban J connectivity index is 1.49. The summed E-state index contributed by atoms with van der Waals surface area (Å²) in [5.41, 5.74) is 3.49. The van der Waals surface area contributed by atoms with Crippen LogP contribution in [0.15, 0.2) is 63.4 Å². The molecule has 0 saturated heterocycles. The van der Waals surface area contributed by atoms with Crippen LogP contribution < -0.4 is 5.32 Å². The van der Waals surface area contributed by atoms with Gasteiger partial charge in [-0.15, -0.1) is 5.10 Å². The first kappa shape index (κ1) is 20.7. The van der Waals surface area contributed by atoms with Gasteiger partial charge in [-0.2, -0.15) is 4.98 Å². The smallest absolute Gasteiger partial charge is 0.227 e. The molecule has 5 rings (SSSR count). The molecule has 0 radical (unpaired) electrons. The van der Waals surface area contributed by atoms with Gasteiger partial charge in [-0.05, 0) is 48.2 Å². The zero-order valence-electron chi connectivity index (χ0n) is 16.2. The number of allylic oxidation sites excluding steroid dienone is 2. The van der Waals surface area contributed by atoms with Gasteiger partial charge in [0.15, 0.2) is 5.78 Å². The molecule has 2 aromatic carbocycles. The maximum absolute atomic E-state index is 13.3. The number of nitrogens with zero attached hydrogens (tertiary/aromatic N) is 3. The van der Waals surface area contributed by atoms with Gasteiger partial charge >= 0.3 is 0 Å². The number of thioether (sulfide) groups is 1. The normalized spacial score (nSPS) is 17.9. The maximum Gasteiger partial charge on any atom is 0.227 e. The highest BCUT2D eigenvalue weighted by molar-refractivity contribution is 9.10. The molecule has 0 spiro atoms. The van der Waals surface area contributed by atoms with E-state index in [0.29, 0.717) is 28.3 Å². The molecule has 0 fully saturated rings. The van der Waals surface area contributed by atoms with Crippen molar-refractivity contribution in [2.24, 2.45) is 0 Å². The van der Waals surface area contributed by atoms with Gasteiger partial charge in [-0.25, -0.2) is 9.07 Å². The number of Topliss-reactive ketones (excluding diaryl/α,β-unsaturated/α-hetero) is 1. The van der Waals surface area contributed by atoms with Crippen LogP contribution in [0.25, 0.3) is 0 Å². The monoisotopic (exact) mass is 518 g/mol. The molecule has 158 valence electrons. The summed E-state index contributed by atoms with van der Waals surface area (Å²) in [6.07, 6.45) is 2.19. The summed E-state index contributed by atoms with van der Waals surface area (Å²) in [7, 11) is 0. The number of aromatic nitrogens is 3. The SMILES string of the molecule is O=C1CCCC2=C1C(c1ccc(Br)cc1)n1nc(SCc3ccc(F)cc3Cl)nc1N2. The third-order valence-electron chi connectivity index (χ3n) is 5.41. The Labute approximate surface area is 196 Å². The lowest BCUT2D eigenvalue weighted by atomic mass is 9.85. The van der Waals surface area contributed by atoms with E-state index in [-0.39, 0.29) is 17.6 Å². The van der Waals surface area contributed by atoms with Crippen molar-refractivity contribution in [3.63, 3.8) is 0 Å². The number of fused-ring (bicyclic) bond motifs is 1. The Bertz CT molecular complexity index is 1210. The summed E-state index contributed by atoms with van der Waals surface area (Å²) in [5, 5.41) is 8.98. The van der Waals surface area contributed by atoms with E-state index in [1.54, 1.807) is 10.7 Å². The van der Waals surface area contributed by atoms with E-state index in [1.807, 2.05) is 24.3 Å². The highest BCUT2D eigenvalue weighted by atomic mass is 79.9. The minimum Gasteiger partial charge on any atom is -0.328 e. The molecule has 3 aromatic rings. The van der Waals surface area contributed by atoms with E-state index in [9.17, 15) is 9.18 Å². The van der Waals surface area contributed by atoms with Gasteiger partial charge < -0.3 is 5.32 Å². The van der Waals surface area contributed by atoms with Crippen molar-refractivity contribution in [3.05, 3.63) is 80.2 Å². The Morgan fingerprint density at radius 3 is 2.81 bits per heavy atom. The average Bonchev–Trinajstić information content (AvgIpc) is 3.15. The number of ketones is 1. The number of hydrogen-bond donors (Lipinski definition) is 1. The molecule has 1 aliphatic carbocycles. The van der Waals surface area contributed by atoms with Crippen LogP contribution in [0.1, 0.15) is 36.4 Å². The Morgan fingerprint density at radius 2 is 2.03 bits per heavy atom. The fourth-order valence-corrected chi connectivity index (χ4v) is 5.34. The van der Waals surface area contributed by atoms with E-state index in [2.05, 4.69) is 26.2 Å². The number of anilines is 1. The summed E-state index contributed by atoms with van der Waals surface area (Å²) in [6.45, 7) is 0. The van der Waals surface area contributed by atoms with E-state index in [1.165, 1.54) is 23.9 Å². The molecule has 2 heterocycles. The lowest BCUT2D eigenvalue weighted by Gasteiger charge is -2.32. The van der Waals surface area contributed by atoms with Crippen LogP contribution in [0.4, 0.5) is 10.3 Å². The first-order valence-corrected chi connectivity index (χ1v) is 12.0. The van der Waals surface area contributed by atoms with Gasteiger partial charge in [-0.3, -0.25) is 4.79 Å². The molecule has 1 aromatic heterocycles. The van der Waals surface area contributed by atoms with E-state index in [4.69, 9.17) is 16.7 Å². The van der Waals surface area contributed by atoms with Crippen LogP contribution in [0, 0.1) is 5.82 Å². The third kappa shape index (κ3) is 4.04. The number of hydrogen-bond acceptors (Lipinski definition) is 5. The molecule has 1 N–H and O–H groups in total. The second-order valence-corrected chi connectivity index (χ2v) is 9.70. The number of benzene rings is 2. The van der Waals surface area contributed by atoms with Crippen LogP contribution >= 0.6 is 39.3 Å². The summed E-state index contributed by atoms with van der Waals surface area (Å²) in [5.74, 6) is 0.916. The zero-order valence-corrected chi connectivity index (χ0v) is 19.4. The quantitative estimate of drug-likeness (QED) is 0.419. The van der Waals surface area contributed by atoms with Crippen LogP contribution in [0.5, 0.6) is 0 Å². The molecular formula is C22H17BrClFN4OS. The molecule has 9 heteroatoms. The highest BCUT2D eigenvalue weighted by Gasteiger charge is 2.36. The summed E-state index contributed by atoms with van der Waals surface area (Å²) >= 11 is 11.0. The lowest BCUT2D eigenvalue weighted by Crippen LogP contribution is -2.31. The van der Waals surface area contributed by atoms with Crippen molar-refractivity contribution in [3.8, 4) is 0 Å². The number of rotatable bonds is 4. The number of nitrogens with one attached hydrogen (secondary N) is 1. The van der Waals surface area contributed by atoms with Crippen LogP contribution in [0.2, 0.25) is 5.02 Å².